The molecule has 0 radical (unpaired) electrons. The van der Waals surface area contributed by atoms with E-state index in [9.17, 15) is 9.90 Å². The molecule has 2 N–H and O–H groups in total. The summed E-state index contributed by atoms with van der Waals surface area (Å²) in [6, 6.07) is 0. The Morgan fingerprint density at radius 2 is 2.06 bits per heavy atom. The smallest absolute Gasteiger partial charge is 0.309 e. The van der Waals surface area contributed by atoms with Gasteiger partial charge in [0.05, 0.1) is 28.4 Å². The van der Waals surface area contributed by atoms with Crippen molar-refractivity contribution in [1.82, 2.24) is 9.97 Å². The first-order valence-corrected chi connectivity index (χ1v) is 13.0. The van der Waals surface area contributed by atoms with Crippen LogP contribution in [0.25, 0.3) is 0 Å². The minimum absolute atomic E-state index is 0.0408. The van der Waals surface area contributed by atoms with E-state index in [-0.39, 0.29) is 11.6 Å². The van der Waals surface area contributed by atoms with Crippen molar-refractivity contribution in [2.24, 2.45) is 23.2 Å². The number of ether oxygens (including phenoxy) is 1. The highest BCUT2D eigenvalue weighted by Gasteiger charge is 2.64. The van der Waals surface area contributed by atoms with Gasteiger partial charge in [-0.05, 0) is 62.9 Å². The van der Waals surface area contributed by atoms with E-state index in [4.69, 9.17) is 21.3 Å². The Labute approximate surface area is 209 Å². The standard InChI is InChI=1S/C26H30ClN5O3/c1-14-31(2)20-12-28-24(29-19-6-17-3-4-35-21(17)7-18(19)27)30-22(20)32(14)26-10-15-5-16(11-26)9-25(8-15,13-26)23(33)34/h6-7,12,15-17,21H,1,3-5,8-11,13H2,2H3,(H,33,34)(H,28,29,30). The first-order valence-electron chi connectivity index (χ1n) is 12.6. The molecule has 1 saturated heterocycles. The van der Waals surface area contributed by atoms with Crippen molar-refractivity contribution in [2.75, 3.05) is 28.8 Å². The number of carboxylic acid groups (broad SMARTS) is 1. The number of aromatic nitrogens is 2. The summed E-state index contributed by atoms with van der Waals surface area (Å²) in [5.74, 6) is 2.66. The Kier molecular flexibility index (Phi) is 4.48. The van der Waals surface area contributed by atoms with Crippen LogP contribution in [0.2, 0.25) is 0 Å². The molecule has 184 valence electrons. The van der Waals surface area contributed by atoms with Crippen LogP contribution in [0, 0.1) is 23.2 Å². The molecule has 7 aliphatic rings. The SMILES string of the molecule is C=C1N(C)c2cnc(NC3=CC4CCOC4C=C3Cl)nc2N1C12CC3CC(CC(C(=O)O)(C3)C1)C2. The van der Waals surface area contributed by atoms with Crippen LogP contribution in [0.5, 0.6) is 0 Å². The van der Waals surface area contributed by atoms with Gasteiger partial charge in [-0.3, -0.25) is 4.79 Å². The molecule has 8 rings (SSSR count). The summed E-state index contributed by atoms with van der Waals surface area (Å²) in [4.78, 5) is 26.3. The van der Waals surface area contributed by atoms with Crippen molar-refractivity contribution in [1.29, 1.82) is 0 Å². The van der Waals surface area contributed by atoms with Crippen LogP contribution >= 0.6 is 11.6 Å². The minimum Gasteiger partial charge on any atom is -0.481 e. The van der Waals surface area contributed by atoms with Gasteiger partial charge in [0.25, 0.3) is 0 Å². The van der Waals surface area contributed by atoms with Gasteiger partial charge in [0.2, 0.25) is 5.95 Å². The van der Waals surface area contributed by atoms with E-state index in [0.29, 0.717) is 35.2 Å². The predicted molar refractivity (Wildman–Crippen MR) is 133 cm³/mol. The summed E-state index contributed by atoms with van der Waals surface area (Å²) in [6.07, 6.45) is 12.3. The van der Waals surface area contributed by atoms with Crippen LogP contribution in [0.1, 0.15) is 44.9 Å². The second-order valence-corrected chi connectivity index (χ2v) is 11.9. The van der Waals surface area contributed by atoms with Gasteiger partial charge < -0.3 is 25.0 Å². The van der Waals surface area contributed by atoms with Crippen LogP contribution < -0.4 is 15.1 Å². The van der Waals surface area contributed by atoms with E-state index in [1.807, 2.05) is 24.2 Å². The number of nitrogens with one attached hydrogen (secondary N) is 1. The fourth-order valence-corrected chi connectivity index (χ4v) is 8.43. The van der Waals surface area contributed by atoms with Crippen molar-refractivity contribution in [3.63, 3.8) is 0 Å². The number of aliphatic carboxylic acids is 1. The maximum Gasteiger partial charge on any atom is 0.309 e. The van der Waals surface area contributed by atoms with Gasteiger partial charge in [-0.25, -0.2) is 4.98 Å². The average molecular weight is 496 g/mol. The minimum atomic E-state index is -0.640. The van der Waals surface area contributed by atoms with Crippen molar-refractivity contribution in [2.45, 2.75) is 56.6 Å². The van der Waals surface area contributed by atoms with E-state index >= 15 is 0 Å². The van der Waals surface area contributed by atoms with E-state index < -0.39 is 11.4 Å². The van der Waals surface area contributed by atoms with E-state index in [2.05, 4.69) is 27.9 Å². The predicted octanol–water partition coefficient (Wildman–Crippen LogP) is 4.46. The molecule has 1 aromatic rings. The number of halogens is 1. The third kappa shape index (κ3) is 3.05. The number of carbonyl (C=O) groups is 1. The quantitative estimate of drug-likeness (QED) is 0.632. The molecule has 4 atom stereocenters. The molecule has 0 spiro atoms. The van der Waals surface area contributed by atoms with E-state index in [1.165, 1.54) is 0 Å². The monoisotopic (exact) mass is 495 g/mol. The van der Waals surface area contributed by atoms with Gasteiger partial charge >= 0.3 is 5.97 Å². The normalized spacial score (nSPS) is 38.9. The third-order valence-electron chi connectivity index (χ3n) is 9.31. The second kappa shape index (κ2) is 7.23. The van der Waals surface area contributed by atoms with Crippen LogP contribution in [0.3, 0.4) is 0 Å². The number of carboxylic acids is 1. The lowest BCUT2D eigenvalue weighted by molar-refractivity contribution is -0.166. The molecule has 5 aliphatic carbocycles. The Hall–Kier alpha value is -2.58. The van der Waals surface area contributed by atoms with Crippen molar-refractivity contribution in [3.05, 3.63) is 41.5 Å². The molecular weight excluding hydrogens is 466 g/mol. The lowest BCUT2D eigenvalue weighted by Gasteiger charge is -2.63. The topological polar surface area (TPSA) is 90.8 Å². The van der Waals surface area contributed by atoms with Gasteiger partial charge in [-0.15, -0.1) is 0 Å². The molecule has 2 aliphatic heterocycles. The Balaban J connectivity index is 1.25. The van der Waals surface area contributed by atoms with Gasteiger partial charge in [0, 0.05) is 25.1 Å². The molecule has 9 heteroatoms. The average Bonchev–Trinajstić information content (AvgIpc) is 3.34. The number of allylic oxidation sites excluding steroid dienone is 1. The molecular formula is C26H30ClN5O3. The number of fused-ring (bicyclic) bond motifs is 2. The number of anilines is 3. The van der Waals surface area contributed by atoms with E-state index in [0.717, 1.165) is 68.2 Å². The summed E-state index contributed by atoms with van der Waals surface area (Å²) in [6.45, 7) is 5.15. The van der Waals surface area contributed by atoms with Gasteiger partial charge in [0.15, 0.2) is 5.82 Å². The zero-order valence-electron chi connectivity index (χ0n) is 19.8. The maximum atomic E-state index is 12.5. The first kappa shape index (κ1) is 21.7. The van der Waals surface area contributed by atoms with Crippen LogP contribution in [-0.2, 0) is 9.53 Å². The number of nitrogens with zero attached hydrogens (tertiary/aromatic N) is 4. The number of hydrogen-bond acceptors (Lipinski definition) is 7. The zero-order chi connectivity index (χ0) is 24.1. The highest BCUT2D eigenvalue weighted by Crippen LogP contribution is 2.65. The fraction of sp³-hybridized carbons (Fsp3) is 0.577. The summed E-state index contributed by atoms with van der Waals surface area (Å²) >= 11 is 6.55. The molecule has 4 saturated carbocycles. The van der Waals surface area contributed by atoms with Crippen molar-refractivity contribution in [3.8, 4) is 0 Å². The van der Waals surface area contributed by atoms with Crippen LogP contribution in [-0.4, -0.2) is 46.3 Å². The summed E-state index contributed by atoms with van der Waals surface area (Å²) in [7, 11) is 1.98. The molecule has 4 bridgehead atoms. The largest absolute Gasteiger partial charge is 0.481 e. The fourth-order valence-electron chi connectivity index (χ4n) is 8.19. The van der Waals surface area contributed by atoms with Crippen molar-refractivity contribution >= 4 is 35.0 Å². The Bertz CT molecular complexity index is 1200. The maximum absolute atomic E-state index is 12.5. The molecule has 0 amide bonds. The molecule has 0 aromatic carbocycles. The Morgan fingerprint density at radius 3 is 2.80 bits per heavy atom. The van der Waals surface area contributed by atoms with Crippen LogP contribution in [0.15, 0.2) is 41.5 Å². The Morgan fingerprint density at radius 1 is 1.29 bits per heavy atom. The molecule has 35 heavy (non-hydrogen) atoms. The van der Waals surface area contributed by atoms with Crippen molar-refractivity contribution < 1.29 is 14.6 Å². The van der Waals surface area contributed by atoms with Crippen LogP contribution in [0.4, 0.5) is 17.5 Å². The van der Waals surface area contributed by atoms with Gasteiger partial charge in [-0.1, -0.05) is 24.3 Å². The second-order valence-electron chi connectivity index (χ2n) is 11.5. The summed E-state index contributed by atoms with van der Waals surface area (Å²) in [5, 5.41) is 14.2. The highest BCUT2D eigenvalue weighted by molar-refractivity contribution is 6.32. The number of hydrogen-bond donors (Lipinski definition) is 2. The zero-order valence-corrected chi connectivity index (χ0v) is 20.6. The molecule has 8 nitrogen and oxygen atoms in total. The lowest BCUT2D eigenvalue weighted by Crippen LogP contribution is -2.64. The lowest BCUT2D eigenvalue weighted by atomic mass is 9.46. The van der Waals surface area contributed by atoms with Gasteiger partial charge in [0.1, 0.15) is 11.5 Å². The molecule has 5 fully saturated rings. The summed E-state index contributed by atoms with van der Waals surface area (Å²) < 4.78 is 5.74. The van der Waals surface area contributed by atoms with E-state index in [1.54, 1.807) is 0 Å². The molecule has 1 aromatic heterocycles. The third-order valence-corrected chi connectivity index (χ3v) is 9.63. The first-order chi connectivity index (χ1) is 16.8. The number of rotatable bonds is 4. The highest BCUT2D eigenvalue weighted by atomic mass is 35.5. The molecule has 4 unspecified atom stereocenters. The van der Waals surface area contributed by atoms with Gasteiger partial charge in [-0.2, -0.15) is 4.98 Å². The molecule has 3 heterocycles. The summed E-state index contributed by atoms with van der Waals surface area (Å²) in [5.41, 5.74) is 0.782.